The summed E-state index contributed by atoms with van der Waals surface area (Å²) in [6.07, 6.45) is 1.32. The molecule has 1 N–H and O–H groups in total. The lowest BCUT2D eigenvalue weighted by molar-refractivity contribution is 0.00318. The fraction of sp³-hybridized carbons (Fsp3) is 0.571. The molecule has 1 aliphatic rings. The smallest absolute Gasteiger partial charge is 0.243 e. The molecule has 0 saturated carbocycles. The number of ether oxygens (including phenoxy) is 2. The van der Waals surface area contributed by atoms with Crippen molar-refractivity contribution in [2.24, 2.45) is 0 Å². The molecule has 6 nitrogen and oxygen atoms in total. The van der Waals surface area contributed by atoms with Crippen LogP contribution in [0, 0.1) is 0 Å². The average molecular weight is 315 g/mol. The first kappa shape index (κ1) is 16.2. The monoisotopic (exact) mass is 315 g/mol. The molecule has 1 fully saturated rings. The Bertz CT molecular complexity index is 535. The van der Waals surface area contributed by atoms with Gasteiger partial charge in [-0.1, -0.05) is 0 Å². The van der Waals surface area contributed by atoms with Crippen LogP contribution in [0.4, 0.5) is 0 Å². The minimum absolute atomic E-state index is 0.00956. The first-order chi connectivity index (χ1) is 10.1. The summed E-state index contributed by atoms with van der Waals surface area (Å²) in [6.45, 7) is 1.16. The molecular weight excluding hydrogens is 294 g/mol. The van der Waals surface area contributed by atoms with Gasteiger partial charge < -0.3 is 14.6 Å². The summed E-state index contributed by atoms with van der Waals surface area (Å²) in [6, 6.07) is 6.40. The zero-order valence-electron chi connectivity index (χ0n) is 12.1. The van der Waals surface area contributed by atoms with E-state index in [1.165, 1.54) is 4.31 Å². The van der Waals surface area contributed by atoms with Crippen LogP contribution in [-0.4, -0.2) is 57.3 Å². The third-order valence-corrected chi connectivity index (χ3v) is 5.46. The van der Waals surface area contributed by atoms with Gasteiger partial charge in [0.05, 0.1) is 31.3 Å². The molecule has 0 spiro atoms. The van der Waals surface area contributed by atoms with E-state index in [4.69, 9.17) is 14.6 Å². The van der Waals surface area contributed by atoms with Crippen LogP contribution < -0.4 is 4.74 Å². The van der Waals surface area contributed by atoms with E-state index in [0.717, 1.165) is 0 Å². The molecule has 0 aliphatic carbocycles. The van der Waals surface area contributed by atoms with Gasteiger partial charge in [-0.3, -0.25) is 0 Å². The van der Waals surface area contributed by atoms with Gasteiger partial charge in [0.25, 0.3) is 0 Å². The number of hydrogen-bond donors (Lipinski definition) is 1. The van der Waals surface area contributed by atoms with Gasteiger partial charge in [-0.2, -0.15) is 4.31 Å². The lowest BCUT2D eigenvalue weighted by Gasteiger charge is -2.31. The van der Waals surface area contributed by atoms with E-state index in [0.29, 0.717) is 38.3 Å². The Labute approximate surface area is 125 Å². The highest BCUT2D eigenvalue weighted by atomic mass is 32.2. The normalized spacial score (nSPS) is 17.8. The SMILES string of the molecule is COc1ccc(S(=O)(=O)N2CCC(OCCO)CC2)cc1. The van der Waals surface area contributed by atoms with E-state index in [1.807, 2.05) is 0 Å². The Morgan fingerprint density at radius 3 is 2.38 bits per heavy atom. The first-order valence-corrected chi connectivity index (χ1v) is 8.38. The van der Waals surface area contributed by atoms with Crippen LogP contribution in [0.1, 0.15) is 12.8 Å². The van der Waals surface area contributed by atoms with E-state index in [1.54, 1.807) is 31.4 Å². The van der Waals surface area contributed by atoms with Gasteiger partial charge in [0.15, 0.2) is 0 Å². The van der Waals surface area contributed by atoms with Gasteiger partial charge in [0, 0.05) is 13.1 Å². The number of benzene rings is 1. The molecule has 0 unspecified atom stereocenters. The second-order valence-corrected chi connectivity index (χ2v) is 6.81. The van der Waals surface area contributed by atoms with Gasteiger partial charge >= 0.3 is 0 Å². The molecule has 0 aromatic heterocycles. The summed E-state index contributed by atoms with van der Waals surface area (Å²) < 4.78 is 37.0. The number of aliphatic hydroxyl groups is 1. The molecule has 0 amide bonds. The fourth-order valence-corrected chi connectivity index (χ4v) is 3.82. The van der Waals surface area contributed by atoms with E-state index in [2.05, 4.69) is 0 Å². The first-order valence-electron chi connectivity index (χ1n) is 6.94. The van der Waals surface area contributed by atoms with Crippen LogP contribution in [-0.2, 0) is 14.8 Å². The highest BCUT2D eigenvalue weighted by Gasteiger charge is 2.29. The third-order valence-electron chi connectivity index (χ3n) is 3.54. The van der Waals surface area contributed by atoms with Crippen molar-refractivity contribution in [3.05, 3.63) is 24.3 Å². The van der Waals surface area contributed by atoms with Crippen molar-refractivity contribution in [2.45, 2.75) is 23.8 Å². The van der Waals surface area contributed by atoms with Gasteiger partial charge in [0.2, 0.25) is 10.0 Å². The number of methoxy groups -OCH3 is 1. The predicted molar refractivity (Wildman–Crippen MR) is 77.8 cm³/mol. The Morgan fingerprint density at radius 1 is 1.24 bits per heavy atom. The van der Waals surface area contributed by atoms with E-state index >= 15 is 0 Å². The highest BCUT2D eigenvalue weighted by molar-refractivity contribution is 7.89. The van der Waals surface area contributed by atoms with Crippen molar-refractivity contribution in [3.63, 3.8) is 0 Å². The predicted octanol–water partition coefficient (Wildman–Crippen LogP) is 0.857. The summed E-state index contributed by atoms with van der Waals surface area (Å²) in [5.74, 6) is 0.630. The summed E-state index contributed by atoms with van der Waals surface area (Å²) >= 11 is 0. The molecule has 21 heavy (non-hydrogen) atoms. The number of aliphatic hydroxyl groups excluding tert-OH is 1. The van der Waals surface area contributed by atoms with Crippen LogP contribution in [0.25, 0.3) is 0 Å². The van der Waals surface area contributed by atoms with Gasteiger partial charge in [-0.25, -0.2) is 8.42 Å². The molecule has 1 aliphatic heterocycles. The van der Waals surface area contributed by atoms with E-state index in [-0.39, 0.29) is 17.6 Å². The molecule has 118 valence electrons. The standard InChI is InChI=1S/C14H21NO5S/c1-19-12-2-4-14(5-3-12)21(17,18)15-8-6-13(7-9-15)20-11-10-16/h2-5,13,16H,6-11H2,1H3. The number of hydrogen-bond acceptors (Lipinski definition) is 5. The maximum atomic E-state index is 12.5. The molecule has 0 bridgehead atoms. The average Bonchev–Trinajstić information content (AvgIpc) is 2.53. The zero-order chi connectivity index (χ0) is 15.3. The van der Waals surface area contributed by atoms with Crippen molar-refractivity contribution in [1.29, 1.82) is 0 Å². The number of piperidine rings is 1. The number of sulfonamides is 1. The van der Waals surface area contributed by atoms with E-state index in [9.17, 15) is 8.42 Å². The molecule has 0 atom stereocenters. The van der Waals surface area contributed by atoms with Crippen molar-refractivity contribution < 1.29 is 23.0 Å². The topological polar surface area (TPSA) is 76.1 Å². The lowest BCUT2D eigenvalue weighted by atomic mass is 10.1. The Hall–Kier alpha value is -1.15. The molecular formula is C14H21NO5S. The quantitative estimate of drug-likeness (QED) is 0.842. The van der Waals surface area contributed by atoms with E-state index < -0.39 is 10.0 Å². The van der Waals surface area contributed by atoms with Crippen LogP contribution in [0.2, 0.25) is 0 Å². The minimum Gasteiger partial charge on any atom is -0.497 e. The third kappa shape index (κ3) is 3.94. The van der Waals surface area contributed by atoms with Crippen molar-refractivity contribution in [3.8, 4) is 5.75 Å². The Balaban J connectivity index is 2.00. The van der Waals surface area contributed by atoms with Crippen LogP contribution in [0.3, 0.4) is 0 Å². The lowest BCUT2D eigenvalue weighted by Crippen LogP contribution is -2.41. The van der Waals surface area contributed by atoms with Gasteiger partial charge in [-0.15, -0.1) is 0 Å². The maximum absolute atomic E-state index is 12.5. The summed E-state index contributed by atoms with van der Waals surface area (Å²) in [5, 5.41) is 8.73. The van der Waals surface area contributed by atoms with Gasteiger partial charge in [-0.05, 0) is 37.1 Å². The second kappa shape index (κ2) is 7.22. The molecule has 1 heterocycles. The summed E-state index contributed by atoms with van der Waals surface area (Å²) in [7, 11) is -1.92. The zero-order valence-corrected chi connectivity index (χ0v) is 12.9. The Kier molecular flexibility index (Phi) is 5.58. The Morgan fingerprint density at radius 2 is 1.86 bits per heavy atom. The number of rotatable bonds is 6. The second-order valence-electron chi connectivity index (χ2n) is 4.87. The van der Waals surface area contributed by atoms with Crippen molar-refractivity contribution in [1.82, 2.24) is 4.31 Å². The van der Waals surface area contributed by atoms with Gasteiger partial charge in [0.1, 0.15) is 5.75 Å². The molecule has 1 saturated heterocycles. The summed E-state index contributed by atoms with van der Waals surface area (Å²) in [5.41, 5.74) is 0. The van der Waals surface area contributed by atoms with Crippen LogP contribution >= 0.6 is 0 Å². The van der Waals surface area contributed by atoms with Crippen molar-refractivity contribution >= 4 is 10.0 Å². The van der Waals surface area contributed by atoms with Crippen LogP contribution in [0.15, 0.2) is 29.2 Å². The molecule has 0 radical (unpaired) electrons. The minimum atomic E-state index is -3.46. The largest absolute Gasteiger partial charge is 0.497 e. The molecule has 7 heteroatoms. The van der Waals surface area contributed by atoms with Crippen molar-refractivity contribution in [2.75, 3.05) is 33.4 Å². The molecule has 1 aromatic carbocycles. The molecule has 2 rings (SSSR count). The summed E-state index contributed by atoms with van der Waals surface area (Å²) in [4.78, 5) is 0.276. The molecule has 1 aromatic rings. The number of nitrogens with zero attached hydrogens (tertiary/aromatic N) is 1. The van der Waals surface area contributed by atoms with Crippen LogP contribution in [0.5, 0.6) is 5.75 Å². The highest BCUT2D eigenvalue weighted by Crippen LogP contribution is 2.23. The fourth-order valence-electron chi connectivity index (χ4n) is 2.36. The maximum Gasteiger partial charge on any atom is 0.243 e.